The van der Waals surface area contributed by atoms with Crippen LogP contribution in [0.15, 0.2) is 0 Å². The third kappa shape index (κ3) is 23.5. The second kappa shape index (κ2) is 47.0. The third-order valence-corrected chi connectivity index (χ3v) is 24.5. The molecule has 11 aliphatic rings. The maximum absolute atomic E-state index is 13.3. The average molecular weight is 1930 g/mol. The smallest absolute Gasteiger partial charge is 0.217 e. The van der Waals surface area contributed by atoms with Crippen LogP contribution in [0.2, 0.25) is 0 Å². The van der Waals surface area contributed by atoms with Crippen LogP contribution < -0.4 is 21.3 Å². The summed E-state index contributed by atoms with van der Waals surface area (Å²) in [5.74, 6) is -3.80. The molecule has 132 heavy (non-hydrogen) atoms. The Morgan fingerprint density at radius 2 is 0.447 bits per heavy atom. The van der Waals surface area contributed by atoms with Crippen molar-refractivity contribution >= 4 is 23.6 Å². The lowest BCUT2D eigenvalue weighted by Gasteiger charge is -2.51. The highest BCUT2D eigenvalue weighted by Gasteiger charge is 2.63. The van der Waals surface area contributed by atoms with E-state index in [2.05, 4.69) is 21.3 Å². The van der Waals surface area contributed by atoms with Crippen LogP contribution in [0.25, 0.3) is 0 Å². The van der Waals surface area contributed by atoms with Crippen molar-refractivity contribution in [2.75, 3.05) is 59.5 Å². The third-order valence-electron chi connectivity index (χ3n) is 24.5. The number of carbonyl (C=O) groups excluding carboxylic acids is 4. The van der Waals surface area contributed by atoms with Crippen molar-refractivity contribution in [3.05, 3.63) is 0 Å². The van der Waals surface area contributed by atoms with Crippen LogP contribution in [0.4, 0.5) is 0 Å². The molecule has 0 spiro atoms. The Kier molecular flexibility index (Phi) is 38.5. The van der Waals surface area contributed by atoms with E-state index in [4.69, 9.17) is 99.5 Å². The molecule has 58 nitrogen and oxygen atoms in total. The number of carbonyl (C=O) groups is 4. The largest absolute Gasteiger partial charge is 0.394 e. The number of rotatable bonds is 33. The first kappa shape index (κ1) is 108. The van der Waals surface area contributed by atoms with Gasteiger partial charge in [-0.3, -0.25) is 19.2 Å². The fourth-order valence-electron chi connectivity index (χ4n) is 17.3. The first-order chi connectivity index (χ1) is 62.4. The van der Waals surface area contributed by atoms with E-state index in [0.29, 0.717) is 0 Å². The van der Waals surface area contributed by atoms with Crippen LogP contribution in [-0.4, -0.2) is 569 Å². The molecule has 11 aliphatic heterocycles. The van der Waals surface area contributed by atoms with Gasteiger partial charge in [0.25, 0.3) is 0 Å². The molecule has 0 bridgehead atoms. The summed E-state index contributed by atoms with van der Waals surface area (Å²) in [6.07, 6.45) is -107. The molecule has 0 unspecified atom stereocenters. The Morgan fingerprint density at radius 3 is 0.765 bits per heavy atom. The molecular formula is C74H124N4O54. The lowest BCUT2D eigenvalue weighted by atomic mass is 9.93. The minimum absolute atomic E-state index is 0.810. The zero-order chi connectivity index (χ0) is 97.1. The van der Waals surface area contributed by atoms with Gasteiger partial charge < -0.3 is 269 Å². The van der Waals surface area contributed by atoms with Crippen molar-refractivity contribution in [2.45, 2.75) is 379 Å². The quantitative estimate of drug-likeness (QED) is 0.0290. The highest BCUT2D eigenvalue weighted by atomic mass is 16.8. The summed E-state index contributed by atoms with van der Waals surface area (Å²) >= 11 is 0. The summed E-state index contributed by atoms with van der Waals surface area (Å²) in [6, 6.07) is -7.75. The summed E-state index contributed by atoms with van der Waals surface area (Å²) < 4.78 is 126. The monoisotopic (exact) mass is 1930 g/mol. The molecule has 0 radical (unpaired) electrons. The molecule has 55 atom stereocenters. The van der Waals surface area contributed by atoms with Crippen molar-refractivity contribution in [3.63, 3.8) is 0 Å². The maximum Gasteiger partial charge on any atom is 0.217 e. The van der Waals surface area contributed by atoms with Gasteiger partial charge in [0.05, 0.1) is 71.7 Å². The summed E-state index contributed by atoms with van der Waals surface area (Å²) in [6.45, 7) is -4.23. The van der Waals surface area contributed by atoms with Gasteiger partial charge in [0.1, 0.15) is 256 Å². The Morgan fingerprint density at radius 1 is 0.212 bits per heavy atom. The Bertz CT molecular complexity index is 3610. The van der Waals surface area contributed by atoms with Crippen LogP contribution in [-0.2, 0) is 119 Å². The van der Waals surface area contributed by atoms with Gasteiger partial charge in [0.2, 0.25) is 23.6 Å². The highest BCUT2D eigenvalue weighted by Crippen LogP contribution is 2.42. The lowest BCUT2D eigenvalue weighted by Crippen LogP contribution is -2.71. The summed E-state index contributed by atoms with van der Waals surface area (Å²) in [5, 5.41) is 336. The maximum atomic E-state index is 13.3. The van der Waals surface area contributed by atoms with E-state index in [0.717, 1.165) is 27.7 Å². The van der Waals surface area contributed by atoms with Crippen LogP contribution in [0.1, 0.15) is 41.5 Å². The molecule has 4 amide bonds. The Balaban J connectivity index is 0.913. The predicted molar refractivity (Wildman–Crippen MR) is 406 cm³/mol. The molecule has 0 aliphatic carbocycles. The number of nitrogens with one attached hydrogen (secondary N) is 4. The van der Waals surface area contributed by atoms with Gasteiger partial charge in [-0.25, -0.2) is 0 Å². The molecule has 0 aromatic rings. The standard InChI is InChI=1S/C74H124N4O54/c1-16-35(91)46(102)52(108)68(113-16)131-62-50(106)39(95)23(8-80)117-72(62)126-57-28(13-85)121-66(33(44(57)100)77-20(5)89)129-60-48(104)37(93)22(7-79)116-71(60)112-15-30-41(97)59(54(110)70(123-30)125-56-27(12-84)120-65(32(43(56)99)76-19(4)88)124-55-26(11-83)115-64(111)31(42(55)98)75-18(3)87)128-74-61(49(105)38(94)25(10-82)119-74)130-67-34(78-21(6)90)45(101)58(29(14-86)122-67)127-73-63(51(107)40(96)24(9-81)118-73)132-69-53(109)47(103)36(92)17(2)114-69/h16-17,22-74,79-86,91-111H,7-15H2,1-6H3,(H,75,87)(H,76,88)(H,77,89)(H,78,90)/t16-,17-,22+,23+,24+,25+,26+,27+,28+,29+,30+,31+,32+,33+,34+,35+,36+,37+,38+,39-,40-,41+,42+,43+,44+,45+,46+,47+,48-,49-,50-,51-,52-,53-,54-,55+,56+,57+,58+,59-,60-,61-,62+,63+,64+,65-,66-,67-,68-,69-,70-,71-,72-,73-,74-/m0/s1. The van der Waals surface area contributed by atoms with Crippen molar-refractivity contribution in [1.29, 1.82) is 0 Å². The van der Waals surface area contributed by atoms with Crippen molar-refractivity contribution < 1.29 is 267 Å². The van der Waals surface area contributed by atoms with E-state index in [9.17, 15) is 167 Å². The number of ether oxygens (including phenoxy) is 21. The second-order valence-electron chi connectivity index (χ2n) is 33.7. The van der Waals surface area contributed by atoms with Crippen LogP contribution in [0.5, 0.6) is 0 Å². The predicted octanol–water partition coefficient (Wildman–Crippen LogP) is -22.3. The number of aliphatic hydroxyl groups is 29. The van der Waals surface area contributed by atoms with Crippen molar-refractivity contribution in [3.8, 4) is 0 Å². The molecule has 33 N–H and O–H groups in total. The van der Waals surface area contributed by atoms with E-state index < -0.39 is 421 Å². The number of hydrogen-bond donors (Lipinski definition) is 33. The van der Waals surface area contributed by atoms with E-state index >= 15 is 0 Å². The summed E-state index contributed by atoms with van der Waals surface area (Å²) in [7, 11) is 0. The number of amides is 4. The zero-order valence-electron chi connectivity index (χ0n) is 71.3. The van der Waals surface area contributed by atoms with Gasteiger partial charge >= 0.3 is 0 Å². The Labute approximate surface area is 748 Å². The molecular weight excluding hydrogens is 1810 g/mol. The van der Waals surface area contributed by atoms with Gasteiger partial charge in [-0.15, -0.1) is 0 Å². The van der Waals surface area contributed by atoms with Gasteiger partial charge in [-0.05, 0) is 13.8 Å². The molecule has 11 fully saturated rings. The fraction of sp³-hybridized carbons (Fsp3) is 0.946. The van der Waals surface area contributed by atoms with Crippen molar-refractivity contribution in [1.82, 2.24) is 21.3 Å². The molecule has 58 heteroatoms. The van der Waals surface area contributed by atoms with Gasteiger partial charge in [-0.1, -0.05) is 0 Å². The van der Waals surface area contributed by atoms with Crippen LogP contribution in [0.3, 0.4) is 0 Å². The first-order valence-electron chi connectivity index (χ1n) is 42.4. The van der Waals surface area contributed by atoms with Gasteiger partial charge in [-0.2, -0.15) is 0 Å². The average Bonchev–Trinajstić information content (AvgIpc) is 0.763. The van der Waals surface area contributed by atoms with E-state index in [-0.39, 0.29) is 0 Å². The number of aliphatic hydroxyl groups excluding tert-OH is 29. The van der Waals surface area contributed by atoms with Crippen LogP contribution in [0, 0.1) is 0 Å². The SMILES string of the molecule is CC(=O)N[C@@H]1[C@@H](O)[C@H](O[C@@H]2O[C@H](CO)[C@@H](O[C@@H]3O[C@H](CO[C@H]4O[C@H](CO)[C@@H](O)[C@H](O)[C@@H]4O[C@@H]4O[C@H](CO)[C@@H](O[C@@H]5O[C@H](CO)[C@H](O)[C@H](O)[C@H]5O[C@@H]5O[C@@H](C)[C@@H](O)[C@@H](O)[C@@H]5O)[C@H](O)[C@H]4NC(C)=O)[C@@H](O)[C@H](O[C@@H]4O[C@H](CO)[C@@H](O)[C@H](O)[C@@H]4O[C@@H]4O[C@H](CO)[C@@H](O[C@@H]5O[C@H](CO)[C@H](O)[C@H](O)[C@H]5O[C@@H]5O[C@@H](C)[C@@H](O)[C@@H](O)[C@@H]5O)[C@H](O)[C@H]4NC(C)=O)[C@@H]3O)[C@H](O)[C@H]2NC(C)=O)[C@@H](CO)O[C@H]1O. The summed E-state index contributed by atoms with van der Waals surface area (Å²) in [4.78, 5) is 51.8. The molecule has 11 heterocycles. The topological polar surface area (TPSA) is 897 Å². The van der Waals surface area contributed by atoms with E-state index in [1.807, 2.05) is 0 Å². The number of hydrogen-bond acceptors (Lipinski definition) is 54. The van der Waals surface area contributed by atoms with Crippen molar-refractivity contribution in [2.24, 2.45) is 0 Å². The molecule has 0 aromatic heterocycles. The molecule has 0 saturated carbocycles. The van der Waals surface area contributed by atoms with Gasteiger partial charge in [0, 0.05) is 27.7 Å². The fourth-order valence-corrected chi connectivity index (χ4v) is 17.3. The Hall–Kier alpha value is -4.12. The molecule has 764 valence electrons. The van der Waals surface area contributed by atoms with Gasteiger partial charge in [0.15, 0.2) is 69.2 Å². The lowest BCUT2D eigenvalue weighted by molar-refractivity contribution is -0.402. The minimum atomic E-state index is -2.65. The first-order valence-corrected chi connectivity index (χ1v) is 42.4. The van der Waals surface area contributed by atoms with E-state index in [1.165, 1.54) is 13.8 Å². The highest BCUT2D eigenvalue weighted by molar-refractivity contribution is 5.74. The zero-order valence-corrected chi connectivity index (χ0v) is 71.3. The normalized spacial score (nSPS) is 50.4. The second-order valence-corrected chi connectivity index (χ2v) is 33.7. The summed E-state index contributed by atoms with van der Waals surface area (Å²) in [5.41, 5.74) is 0. The molecule has 11 saturated heterocycles. The minimum Gasteiger partial charge on any atom is -0.394 e. The molecule has 11 rings (SSSR count). The molecule has 0 aromatic carbocycles. The van der Waals surface area contributed by atoms with E-state index in [1.54, 1.807) is 0 Å². The van der Waals surface area contributed by atoms with Crippen LogP contribution >= 0.6 is 0 Å².